The van der Waals surface area contributed by atoms with E-state index in [1.165, 1.54) is 0 Å². The molecule has 25 heavy (non-hydrogen) atoms. The maximum absolute atomic E-state index is 12.9. The Morgan fingerprint density at radius 1 is 1.32 bits per heavy atom. The van der Waals surface area contributed by atoms with E-state index >= 15 is 0 Å². The first-order chi connectivity index (χ1) is 11.8. The van der Waals surface area contributed by atoms with Crippen molar-refractivity contribution in [1.29, 1.82) is 0 Å². The highest BCUT2D eigenvalue weighted by atomic mass is 16.2. The summed E-state index contributed by atoms with van der Waals surface area (Å²) in [5, 5.41) is 5.67. The van der Waals surface area contributed by atoms with E-state index in [1.54, 1.807) is 0 Å². The number of rotatable bonds is 3. The summed E-state index contributed by atoms with van der Waals surface area (Å²) in [6, 6.07) is 5.31. The maximum atomic E-state index is 12.9. The van der Waals surface area contributed by atoms with Crippen LogP contribution in [0.1, 0.15) is 43.7 Å². The maximum Gasteiger partial charge on any atom is 0.325 e. The SMILES string of the molecule is Cc1ccc(C)c(NC(=O)CN2C(=O)N[C@]3(CCCC[C@H]3C)C2=O)c1. The molecule has 0 aromatic heterocycles. The summed E-state index contributed by atoms with van der Waals surface area (Å²) >= 11 is 0. The van der Waals surface area contributed by atoms with Crippen LogP contribution in [0.25, 0.3) is 0 Å². The predicted molar refractivity (Wildman–Crippen MR) is 95.2 cm³/mol. The Balaban J connectivity index is 1.72. The minimum atomic E-state index is -0.825. The summed E-state index contributed by atoms with van der Waals surface area (Å²) in [6.07, 6.45) is 3.54. The highest BCUT2D eigenvalue weighted by Crippen LogP contribution is 2.38. The molecule has 6 nitrogen and oxygen atoms in total. The van der Waals surface area contributed by atoms with Gasteiger partial charge >= 0.3 is 6.03 Å². The van der Waals surface area contributed by atoms with Crippen molar-refractivity contribution in [3.05, 3.63) is 29.3 Å². The van der Waals surface area contributed by atoms with E-state index in [9.17, 15) is 14.4 Å². The van der Waals surface area contributed by atoms with Gasteiger partial charge in [0, 0.05) is 5.69 Å². The van der Waals surface area contributed by atoms with Gasteiger partial charge in [-0.3, -0.25) is 14.5 Å². The Hall–Kier alpha value is -2.37. The molecule has 1 saturated carbocycles. The lowest BCUT2D eigenvalue weighted by Gasteiger charge is -2.36. The smallest absolute Gasteiger partial charge is 0.324 e. The van der Waals surface area contributed by atoms with Crippen LogP contribution >= 0.6 is 0 Å². The number of hydrogen-bond acceptors (Lipinski definition) is 3. The van der Waals surface area contributed by atoms with E-state index in [1.807, 2.05) is 39.0 Å². The first-order valence-corrected chi connectivity index (χ1v) is 8.85. The number of nitrogens with one attached hydrogen (secondary N) is 2. The van der Waals surface area contributed by atoms with Gasteiger partial charge in [-0.15, -0.1) is 0 Å². The van der Waals surface area contributed by atoms with Gasteiger partial charge in [-0.05, 0) is 49.8 Å². The van der Waals surface area contributed by atoms with Crippen molar-refractivity contribution in [3.8, 4) is 0 Å². The van der Waals surface area contributed by atoms with Crippen molar-refractivity contribution < 1.29 is 14.4 Å². The molecule has 1 aromatic carbocycles. The minimum Gasteiger partial charge on any atom is -0.324 e. The first kappa shape index (κ1) is 17.5. The lowest BCUT2D eigenvalue weighted by molar-refractivity contribution is -0.136. The molecule has 1 aliphatic heterocycles. The molecule has 2 N–H and O–H groups in total. The lowest BCUT2D eigenvalue weighted by atomic mass is 9.73. The number of carbonyl (C=O) groups is 3. The third-order valence-electron chi connectivity index (χ3n) is 5.47. The van der Waals surface area contributed by atoms with Crippen LogP contribution in [0.2, 0.25) is 0 Å². The van der Waals surface area contributed by atoms with Crippen molar-refractivity contribution in [1.82, 2.24) is 10.2 Å². The van der Waals surface area contributed by atoms with Crippen LogP contribution in [0, 0.1) is 19.8 Å². The van der Waals surface area contributed by atoms with Crippen LogP contribution in [0.15, 0.2) is 18.2 Å². The third kappa shape index (κ3) is 3.13. The Morgan fingerprint density at radius 3 is 2.80 bits per heavy atom. The molecule has 4 amide bonds. The van der Waals surface area contributed by atoms with Crippen molar-refractivity contribution >= 4 is 23.5 Å². The fourth-order valence-electron chi connectivity index (χ4n) is 3.84. The molecule has 2 aliphatic rings. The highest BCUT2D eigenvalue weighted by molar-refractivity contribution is 6.10. The molecule has 3 rings (SSSR count). The lowest BCUT2D eigenvalue weighted by Crippen LogP contribution is -2.54. The number of carbonyl (C=O) groups excluding carboxylic acids is 3. The number of benzene rings is 1. The normalized spacial score (nSPS) is 26.0. The highest BCUT2D eigenvalue weighted by Gasteiger charge is 2.55. The van der Waals surface area contributed by atoms with Crippen LogP contribution < -0.4 is 10.6 Å². The van der Waals surface area contributed by atoms with Gasteiger partial charge in [0.15, 0.2) is 0 Å². The Bertz CT molecular complexity index is 731. The van der Waals surface area contributed by atoms with Crippen molar-refractivity contribution in [2.75, 3.05) is 11.9 Å². The van der Waals surface area contributed by atoms with Crippen LogP contribution in [-0.2, 0) is 9.59 Å². The van der Waals surface area contributed by atoms with Crippen LogP contribution in [0.3, 0.4) is 0 Å². The molecule has 2 atom stereocenters. The van der Waals surface area contributed by atoms with Gasteiger partial charge in [-0.25, -0.2) is 4.79 Å². The molecular formula is C19H25N3O3. The molecule has 0 radical (unpaired) electrons. The van der Waals surface area contributed by atoms with Gasteiger partial charge in [-0.1, -0.05) is 31.9 Å². The fourth-order valence-corrected chi connectivity index (χ4v) is 3.84. The summed E-state index contributed by atoms with van der Waals surface area (Å²) in [6.45, 7) is 5.59. The summed E-state index contributed by atoms with van der Waals surface area (Å²) in [7, 11) is 0. The Kier molecular flexibility index (Phi) is 4.54. The molecule has 2 fully saturated rings. The van der Waals surface area contributed by atoms with E-state index in [2.05, 4.69) is 10.6 Å². The third-order valence-corrected chi connectivity index (χ3v) is 5.47. The van der Waals surface area contributed by atoms with Gasteiger partial charge in [0.25, 0.3) is 5.91 Å². The second kappa shape index (κ2) is 6.50. The molecule has 1 aliphatic carbocycles. The second-order valence-electron chi connectivity index (χ2n) is 7.31. The van der Waals surface area contributed by atoms with Crippen molar-refractivity contribution in [2.45, 2.75) is 52.0 Å². The van der Waals surface area contributed by atoms with E-state index in [0.29, 0.717) is 12.1 Å². The molecule has 0 unspecified atom stereocenters. The zero-order valence-corrected chi connectivity index (χ0v) is 15.0. The zero-order chi connectivity index (χ0) is 18.2. The number of anilines is 1. The van der Waals surface area contributed by atoms with E-state index < -0.39 is 11.6 Å². The average molecular weight is 343 g/mol. The molecule has 1 spiro atoms. The van der Waals surface area contributed by atoms with Gasteiger partial charge in [0.1, 0.15) is 12.1 Å². The minimum absolute atomic E-state index is 0.0878. The number of imide groups is 1. The first-order valence-electron chi connectivity index (χ1n) is 8.85. The Morgan fingerprint density at radius 2 is 2.08 bits per heavy atom. The average Bonchev–Trinajstić information content (AvgIpc) is 2.79. The van der Waals surface area contributed by atoms with Crippen molar-refractivity contribution in [2.24, 2.45) is 5.92 Å². The molecule has 6 heteroatoms. The van der Waals surface area contributed by atoms with Crippen LogP contribution in [0.5, 0.6) is 0 Å². The molecule has 1 aromatic rings. The monoisotopic (exact) mass is 343 g/mol. The topological polar surface area (TPSA) is 78.5 Å². The molecular weight excluding hydrogens is 318 g/mol. The van der Waals surface area contributed by atoms with Gasteiger partial charge in [-0.2, -0.15) is 0 Å². The molecule has 134 valence electrons. The number of amides is 4. The van der Waals surface area contributed by atoms with Gasteiger partial charge in [0.2, 0.25) is 5.91 Å². The van der Waals surface area contributed by atoms with Gasteiger partial charge in [0.05, 0.1) is 0 Å². The Labute approximate surface area is 148 Å². The standard InChI is InChI=1S/C19H25N3O3/c1-12-7-8-13(2)15(10-12)20-16(23)11-22-17(24)19(21-18(22)25)9-5-4-6-14(19)3/h7-8,10,14H,4-6,9,11H2,1-3H3,(H,20,23)(H,21,25)/t14-,19+/m1/s1. The molecule has 0 bridgehead atoms. The van der Waals surface area contributed by atoms with E-state index in [-0.39, 0.29) is 24.3 Å². The summed E-state index contributed by atoms with van der Waals surface area (Å²) in [5.41, 5.74) is 1.85. The number of aryl methyl sites for hydroxylation is 2. The summed E-state index contributed by atoms with van der Waals surface area (Å²) in [5.74, 6) is -0.539. The van der Waals surface area contributed by atoms with Gasteiger partial charge < -0.3 is 10.6 Å². The predicted octanol–water partition coefficient (Wildman–Crippen LogP) is 2.74. The van der Waals surface area contributed by atoms with Crippen LogP contribution in [0.4, 0.5) is 10.5 Å². The summed E-state index contributed by atoms with van der Waals surface area (Å²) < 4.78 is 0. The van der Waals surface area contributed by atoms with E-state index in [0.717, 1.165) is 35.3 Å². The largest absolute Gasteiger partial charge is 0.325 e. The fraction of sp³-hybridized carbons (Fsp3) is 0.526. The quantitative estimate of drug-likeness (QED) is 0.828. The summed E-state index contributed by atoms with van der Waals surface area (Å²) in [4.78, 5) is 38.7. The molecule has 1 heterocycles. The zero-order valence-electron chi connectivity index (χ0n) is 15.0. The number of nitrogens with zero attached hydrogens (tertiary/aromatic N) is 1. The number of urea groups is 1. The van der Waals surface area contributed by atoms with E-state index in [4.69, 9.17) is 0 Å². The van der Waals surface area contributed by atoms with Crippen molar-refractivity contribution in [3.63, 3.8) is 0 Å². The second-order valence-corrected chi connectivity index (χ2v) is 7.31. The molecule has 1 saturated heterocycles. The van der Waals surface area contributed by atoms with Crippen LogP contribution in [-0.4, -0.2) is 34.8 Å². The number of hydrogen-bond donors (Lipinski definition) is 2.